The van der Waals surface area contributed by atoms with Crippen molar-refractivity contribution in [3.63, 3.8) is 0 Å². The number of halogens is 3. The Morgan fingerprint density at radius 1 is 1.26 bits per heavy atom. The van der Waals surface area contributed by atoms with Gasteiger partial charge in [0.2, 0.25) is 5.91 Å². The second-order valence-corrected chi connectivity index (χ2v) is 9.44. The predicted octanol–water partition coefficient (Wildman–Crippen LogP) is 5.79. The molecular weight excluding hydrogens is 445 g/mol. The molecule has 1 aliphatic heterocycles. The molecule has 1 fully saturated rings. The standard InChI is InChI=1S/C26H37F3N2O3/c1-18(2)6-9-24(33-17-26(5,28)29)14-22(27)15-31-13-12-25(16-31)34-23-10-7-21(8-11-23)19(3)30-20(4)32/h7-11,14,18-19,25H,6,12-13,15-17H2,1-5H3,(H,30,32). The molecular formula is C26H37F3N2O3. The van der Waals surface area contributed by atoms with Crippen LogP contribution < -0.4 is 10.1 Å². The van der Waals surface area contributed by atoms with Crippen LogP contribution in [0.4, 0.5) is 13.2 Å². The number of alkyl halides is 2. The molecule has 1 N–H and O–H groups in total. The zero-order valence-electron chi connectivity index (χ0n) is 20.7. The Morgan fingerprint density at radius 2 is 1.94 bits per heavy atom. The molecule has 1 aromatic carbocycles. The first-order valence-electron chi connectivity index (χ1n) is 11.7. The number of hydrogen-bond donors (Lipinski definition) is 1. The molecule has 8 heteroatoms. The van der Waals surface area contributed by atoms with E-state index in [1.54, 1.807) is 6.08 Å². The Kier molecular flexibility index (Phi) is 10.5. The first-order valence-corrected chi connectivity index (χ1v) is 11.7. The number of ether oxygens (including phenoxy) is 2. The molecule has 5 nitrogen and oxygen atoms in total. The maximum absolute atomic E-state index is 14.7. The number of nitrogens with one attached hydrogen (secondary N) is 1. The molecule has 1 aliphatic rings. The lowest BCUT2D eigenvalue weighted by molar-refractivity contribution is -0.119. The molecule has 1 aromatic rings. The van der Waals surface area contributed by atoms with Crippen LogP contribution in [0.15, 0.2) is 48.0 Å². The van der Waals surface area contributed by atoms with E-state index in [9.17, 15) is 18.0 Å². The van der Waals surface area contributed by atoms with E-state index in [1.165, 1.54) is 13.0 Å². The summed E-state index contributed by atoms with van der Waals surface area (Å²) in [6.45, 7) is 8.66. The third-order valence-corrected chi connectivity index (χ3v) is 5.29. The fourth-order valence-corrected chi connectivity index (χ4v) is 3.59. The molecule has 0 radical (unpaired) electrons. The van der Waals surface area contributed by atoms with Gasteiger partial charge in [-0.3, -0.25) is 9.69 Å². The molecule has 1 amide bonds. The number of rotatable bonds is 12. The van der Waals surface area contributed by atoms with E-state index in [0.717, 1.165) is 24.7 Å². The SMILES string of the molecule is CC(=O)NC(C)c1ccc(OC2CCN(CC(F)=CC(=CCC(C)C)OCC(C)(F)F)C2)cc1. The molecule has 34 heavy (non-hydrogen) atoms. The summed E-state index contributed by atoms with van der Waals surface area (Å²) in [6, 6.07) is 7.47. The molecule has 0 spiro atoms. The summed E-state index contributed by atoms with van der Waals surface area (Å²) >= 11 is 0. The van der Waals surface area contributed by atoms with Crippen LogP contribution in [-0.2, 0) is 9.53 Å². The third-order valence-electron chi connectivity index (χ3n) is 5.29. The van der Waals surface area contributed by atoms with E-state index in [2.05, 4.69) is 5.32 Å². The van der Waals surface area contributed by atoms with E-state index in [4.69, 9.17) is 9.47 Å². The molecule has 0 bridgehead atoms. The average Bonchev–Trinajstić information content (AvgIpc) is 3.15. The molecule has 0 aliphatic carbocycles. The maximum Gasteiger partial charge on any atom is 0.278 e. The Labute approximate surface area is 201 Å². The van der Waals surface area contributed by atoms with E-state index >= 15 is 0 Å². The smallest absolute Gasteiger partial charge is 0.278 e. The highest BCUT2D eigenvalue weighted by molar-refractivity contribution is 5.73. The third kappa shape index (κ3) is 10.6. The molecule has 1 heterocycles. The Balaban J connectivity index is 1.89. The zero-order chi connectivity index (χ0) is 25.3. The van der Waals surface area contributed by atoms with Crippen LogP contribution >= 0.6 is 0 Å². The van der Waals surface area contributed by atoms with Crippen molar-refractivity contribution in [3.05, 3.63) is 53.6 Å². The van der Waals surface area contributed by atoms with Crippen molar-refractivity contribution >= 4 is 5.91 Å². The molecule has 0 saturated carbocycles. The van der Waals surface area contributed by atoms with Crippen molar-refractivity contribution in [1.82, 2.24) is 10.2 Å². The van der Waals surface area contributed by atoms with Crippen molar-refractivity contribution < 1.29 is 27.4 Å². The fraction of sp³-hybridized carbons (Fsp3) is 0.577. The summed E-state index contributed by atoms with van der Waals surface area (Å²) in [7, 11) is 0. The van der Waals surface area contributed by atoms with Crippen LogP contribution in [0.5, 0.6) is 5.75 Å². The van der Waals surface area contributed by atoms with Gasteiger partial charge in [0.25, 0.3) is 5.92 Å². The van der Waals surface area contributed by atoms with E-state index < -0.39 is 18.4 Å². The normalized spacial score (nSPS) is 18.8. The lowest BCUT2D eigenvalue weighted by atomic mass is 10.1. The molecule has 190 valence electrons. The summed E-state index contributed by atoms with van der Waals surface area (Å²) in [4.78, 5) is 13.1. The molecule has 2 unspecified atom stereocenters. The largest absolute Gasteiger partial charge is 0.489 e. The van der Waals surface area contributed by atoms with Gasteiger partial charge in [0.15, 0.2) is 6.61 Å². The highest BCUT2D eigenvalue weighted by Gasteiger charge is 2.25. The summed E-state index contributed by atoms with van der Waals surface area (Å²) in [5, 5.41) is 2.84. The van der Waals surface area contributed by atoms with E-state index in [-0.39, 0.29) is 30.4 Å². The number of carbonyl (C=O) groups excluding carboxylic acids is 1. The maximum atomic E-state index is 14.7. The Hall–Kier alpha value is -2.48. The lowest BCUT2D eigenvalue weighted by Crippen LogP contribution is -2.26. The summed E-state index contributed by atoms with van der Waals surface area (Å²) < 4.78 is 52.2. The van der Waals surface area contributed by atoms with Gasteiger partial charge in [-0.1, -0.05) is 26.0 Å². The van der Waals surface area contributed by atoms with Gasteiger partial charge in [0.05, 0.1) is 12.6 Å². The summed E-state index contributed by atoms with van der Waals surface area (Å²) in [5.41, 5.74) is 0.979. The van der Waals surface area contributed by atoms with Crippen molar-refractivity contribution in [3.8, 4) is 5.75 Å². The number of carbonyl (C=O) groups is 1. The van der Waals surface area contributed by atoms with Gasteiger partial charge in [-0.25, -0.2) is 13.2 Å². The second-order valence-electron chi connectivity index (χ2n) is 9.44. The fourth-order valence-electron chi connectivity index (χ4n) is 3.59. The molecule has 2 rings (SSSR count). The number of hydrogen-bond acceptors (Lipinski definition) is 4. The zero-order valence-corrected chi connectivity index (χ0v) is 20.7. The minimum atomic E-state index is -2.99. The first-order chi connectivity index (χ1) is 15.9. The van der Waals surface area contributed by atoms with Crippen LogP contribution in [0.25, 0.3) is 0 Å². The summed E-state index contributed by atoms with van der Waals surface area (Å²) in [6.07, 6.45) is 4.15. The highest BCUT2D eigenvalue weighted by Crippen LogP contribution is 2.23. The van der Waals surface area contributed by atoms with Gasteiger partial charge < -0.3 is 14.8 Å². The van der Waals surface area contributed by atoms with E-state index in [1.807, 2.05) is 49.9 Å². The number of nitrogens with zero attached hydrogens (tertiary/aromatic N) is 1. The summed E-state index contributed by atoms with van der Waals surface area (Å²) in [5.74, 6) is -2.36. The minimum Gasteiger partial charge on any atom is -0.489 e. The van der Waals surface area contributed by atoms with Crippen LogP contribution in [-0.4, -0.2) is 49.1 Å². The number of likely N-dealkylation sites (tertiary alicyclic amines) is 1. The van der Waals surface area contributed by atoms with Crippen molar-refractivity contribution in [2.45, 2.75) is 65.5 Å². The predicted molar refractivity (Wildman–Crippen MR) is 127 cm³/mol. The van der Waals surface area contributed by atoms with Gasteiger partial charge in [0, 0.05) is 33.0 Å². The van der Waals surface area contributed by atoms with Crippen molar-refractivity contribution in [2.24, 2.45) is 5.92 Å². The average molecular weight is 483 g/mol. The van der Waals surface area contributed by atoms with Crippen LogP contribution in [0.2, 0.25) is 0 Å². The number of amides is 1. The Morgan fingerprint density at radius 3 is 2.53 bits per heavy atom. The van der Waals surface area contributed by atoms with Gasteiger partial charge in [-0.05, 0) is 49.5 Å². The van der Waals surface area contributed by atoms with Gasteiger partial charge in [0.1, 0.15) is 23.4 Å². The van der Waals surface area contributed by atoms with Crippen molar-refractivity contribution in [2.75, 3.05) is 26.2 Å². The second kappa shape index (κ2) is 12.8. The lowest BCUT2D eigenvalue weighted by Gasteiger charge is -2.18. The first kappa shape index (κ1) is 27.8. The van der Waals surface area contributed by atoms with Crippen LogP contribution in [0, 0.1) is 5.92 Å². The van der Waals surface area contributed by atoms with Crippen molar-refractivity contribution in [1.29, 1.82) is 0 Å². The Bertz CT molecular complexity index is 848. The monoisotopic (exact) mass is 482 g/mol. The topological polar surface area (TPSA) is 50.8 Å². The van der Waals surface area contributed by atoms with Gasteiger partial charge >= 0.3 is 0 Å². The quantitative estimate of drug-likeness (QED) is 0.303. The van der Waals surface area contributed by atoms with Crippen LogP contribution in [0.1, 0.15) is 59.1 Å². The minimum absolute atomic E-state index is 0.0674. The number of benzene rings is 1. The molecule has 0 aromatic heterocycles. The van der Waals surface area contributed by atoms with E-state index in [0.29, 0.717) is 25.4 Å². The van der Waals surface area contributed by atoms with Crippen LogP contribution in [0.3, 0.4) is 0 Å². The molecule has 2 atom stereocenters. The molecule has 1 saturated heterocycles. The highest BCUT2D eigenvalue weighted by atomic mass is 19.3. The van der Waals surface area contributed by atoms with Gasteiger partial charge in [-0.2, -0.15) is 0 Å². The number of allylic oxidation sites excluding steroid dienone is 2. The van der Waals surface area contributed by atoms with Gasteiger partial charge in [-0.15, -0.1) is 0 Å².